The fourth-order valence-electron chi connectivity index (χ4n) is 3.19. The predicted molar refractivity (Wildman–Crippen MR) is 105 cm³/mol. The van der Waals surface area contributed by atoms with Gasteiger partial charge in [0, 0.05) is 23.4 Å². The van der Waals surface area contributed by atoms with Gasteiger partial charge in [0.15, 0.2) is 0 Å². The molecule has 1 N–H and O–H groups in total. The summed E-state index contributed by atoms with van der Waals surface area (Å²) in [6, 6.07) is 9.19. The number of hydrogen-bond donors (Lipinski definition) is 1. The number of fused-ring (bicyclic) bond motifs is 1. The van der Waals surface area contributed by atoms with Gasteiger partial charge >= 0.3 is 0 Å². The van der Waals surface area contributed by atoms with Crippen molar-refractivity contribution in [3.05, 3.63) is 69.3 Å². The molecule has 0 saturated heterocycles. The van der Waals surface area contributed by atoms with Crippen LogP contribution in [-0.2, 0) is 0 Å². The third-order valence-corrected chi connectivity index (χ3v) is 4.49. The van der Waals surface area contributed by atoms with Crippen molar-refractivity contribution in [2.24, 2.45) is 0 Å². The van der Waals surface area contributed by atoms with Gasteiger partial charge in [-0.25, -0.2) is 4.98 Å². The van der Waals surface area contributed by atoms with Crippen molar-refractivity contribution in [1.29, 1.82) is 0 Å². The molecule has 0 aliphatic heterocycles. The minimum absolute atomic E-state index is 0.117. The van der Waals surface area contributed by atoms with Gasteiger partial charge in [-0.1, -0.05) is 11.2 Å². The average molecular weight is 392 g/mol. The second-order valence-electron chi connectivity index (χ2n) is 6.59. The number of non-ortho nitro benzene ring substituents is 1. The smallest absolute Gasteiger partial charge is 0.271 e. The molecule has 3 heterocycles. The summed E-state index contributed by atoms with van der Waals surface area (Å²) >= 11 is 0. The first-order valence-electron chi connectivity index (χ1n) is 8.73. The van der Waals surface area contributed by atoms with E-state index in [0.717, 1.165) is 11.3 Å². The molecule has 0 aliphatic rings. The fraction of sp³-hybridized carbons (Fsp3) is 0.150. The van der Waals surface area contributed by atoms with Crippen molar-refractivity contribution in [1.82, 2.24) is 10.1 Å². The Kier molecular flexibility index (Phi) is 4.34. The zero-order chi connectivity index (χ0) is 20.7. The molecule has 0 spiro atoms. The van der Waals surface area contributed by atoms with Crippen LogP contribution in [0.3, 0.4) is 0 Å². The lowest BCUT2D eigenvalue weighted by atomic mass is 10.1. The van der Waals surface area contributed by atoms with Crippen LogP contribution in [0.4, 0.5) is 11.4 Å². The number of hydrogen-bond acceptors (Lipinski definition) is 7. The van der Waals surface area contributed by atoms with Crippen LogP contribution in [0, 0.1) is 30.9 Å². The zero-order valence-corrected chi connectivity index (χ0v) is 15.8. The highest BCUT2D eigenvalue weighted by Gasteiger charge is 2.21. The Labute approximate surface area is 164 Å². The van der Waals surface area contributed by atoms with E-state index in [2.05, 4.69) is 15.5 Å². The van der Waals surface area contributed by atoms with E-state index in [1.54, 1.807) is 19.1 Å². The van der Waals surface area contributed by atoms with Gasteiger partial charge in [-0.05, 0) is 39.0 Å². The Morgan fingerprint density at radius 1 is 1.17 bits per heavy atom. The highest BCUT2D eigenvalue weighted by atomic mass is 16.6. The Hall–Kier alpha value is -4.01. The quantitative estimate of drug-likeness (QED) is 0.398. The number of carbonyl (C=O) groups excluding carboxylic acids is 1. The summed E-state index contributed by atoms with van der Waals surface area (Å²) in [6.07, 6.45) is 0. The number of rotatable bonds is 4. The lowest BCUT2D eigenvalue weighted by molar-refractivity contribution is -0.384. The molecule has 9 nitrogen and oxygen atoms in total. The zero-order valence-electron chi connectivity index (χ0n) is 15.8. The minimum Gasteiger partial charge on any atom is -0.466 e. The van der Waals surface area contributed by atoms with Gasteiger partial charge in [0.05, 0.1) is 27.3 Å². The second kappa shape index (κ2) is 6.86. The minimum atomic E-state index is -0.521. The molecule has 4 rings (SSSR count). The number of furan rings is 1. The fourth-order valence-corrected chi connectivity index (χ4v) is 3.19. The molecule has 146 valence electrons. The summed E-state index contributed by atoms with van der Waals surface area (Å²) < 4.78 is 10.9. The van der Waals surface area contributed by atoms with Crippen LogP contribution in [0.1, 0.15) is 27.6 Å². The van der Waals surface area contributed by atoms with Gasteiger partial charge in [-0.15, -0.1) is 0 Å². The molecule has 0 aliphatic carbocycles. The standard InChI is InChI=1S/C20H16N4O5/c1-10-7-15(12(3)28-10)17-9-16(18-11(2)23-29-20(18)22-17)19(25)21-13-5-4-6-14(8-13)24(26)27/h4-9H,1-3H3,(H,21,25). The molecule has 4 aromatic rings. The molecule has 0 atom stereocenters. The Balaban J connectivity index is 1.80. The van der Waals surface area contributed by atoms with Crippen LogP contribution in [0.15, 0.2) is 45.3 Å². The van der Waals surface area contributed by atoms with Crippen molar-refractivity contribution in [3.63, 3.8) is 0 Å². The van der Waals surface area contributed by atoms with Crippen LogP contribution in [-0.4, -0.2) is 21.0 Å². The van der Waals surface area contributed by atoms with Gasteiger partial charge in [-0.3, -0.25) is 14.9 Å². The first kappa shape index (κ1) is 18.4. The summed E-state index contributed by atoms with van der Waals surface area (Å²) in [6.45, 7) is 5.34. The molecule has 0 saturated carbocycles. The molecule has 1 aromatic carbocycles. The number of pyridine rings is 1. The van der Waals surface area contributed by atoms with E-state index >= 15 is 0 Å². The van der Waals surface area contributed by atoms with Crippen molar-refractivity contribution in [2.75, 3.05) is 5.32 Å². The predicted octanol–water partition coefficient (Wildman–Crippen LogP) is 4.57. The maximum atomic E-state index is 13.0. The number of anilines is 1. The Morgan fingerprint density at radius 2 is 1.97 bits per heavy atom. The average Bonchev–Trinajstić information content (AvgIpc) is 3.22. The molecule has 0 unspecified atom stereocenters. The number of nitrogens with zero attached hydrogens (tertiary/aromatic N) is 3. The summed E-state index contributed by atoms with van der Waals surface area (Å²) in [7, 11) is 0. The molecular weight excluding hydrogens is 376 g/mol. The molecule has 9 heteroatoms. The molecular formula is C20H16N4O5. The maximum absolute atomic E-state index is 13.0. The van der Waals surface area contributed by atoms with Crippen LogP contribution in [0.2, 0.25) is 0 Å². The van der Waals surface area contributed by atoms with Gasteiger partial charge in [0.2, 0.25) is 0 Å². The normalized spacial score (nSPS) is 11.0. The Morgan fingerprint density at radius 3 is 2.66 bits per heavy atom. The number of aromatic nitrogens is 2. The van der Waals surface area contributed by atoms with Gasteiger partial charge in [-0.2, -0.15) is 0 Å². The molecule has 1 amide bonds. The first-order valence-corrected chi connectivity index (χ1v) is 8.73. The molecule has 0 radical (unpaired) electrons. The van der Waals surface area contributed by atoms with E-state index in [0.29, 0.717) is 33.8 Å². The van der Waals surface area contributed by atoms with Crippen molar-refractivity contribution >= 4 is 28.4 Å². The lowest BCUT2D eigenvalue weighted by Crippen LogP contribution is -2.13. The lowest BCUT2D eigenvalue weighted by Gasteiger charge is -2.08. The molecule has 3 aromatic heterocycles. The van der Waals surface area contributed by atoms with Crippen molar-refractivity contribution in [2.45, 2.75) is 20.8 Å². The number of aryl methyl sites for hydroxylation is 3. The van der Waals surface area contributed by atoms with E-state index in [-0.39, 0.29) is 11.4 Å². The third-order valence-electron chi connectivity index (χ3n) is 4.49. The second-order valence-corrected chi connectivity index (χ2v) is 6.59. The number of nitro benzene ring substituents is 1. The van der Waals surface area contributed by atoms with Gasteiger partial charge < -0.3 is 14.3 Å². The summed E-state index contributed by atoms with van der Waals surface area (Å²) in [5.74, 6) is 0.926. The highest BCUT2D eigenvalue weighted by Crippen LogP contribution is 2.31. The number of amides is 1. The van der Waals surface area contributed by atoms with E-state index in [1.807, 2.05) is 19.9 Å². The van der Waals surface area contributed by atoms with E-state index in [4.69, 9.17) is 8.94 Å². The number of benzene rings is 1. The maximum Gasteiger partial charge on any atom is 0.271 e. The van der Waals surface area contributed by atoms with Crippen molar-refractivity contribution < 1.29 is 18.7 Å². The number of carbonyl (C=O) groups is 1. The van der Waals surface area contributed by atoms with Crippen LogP contribution >= 0.6 is 0 Å². The monoisotopic (exact) mass is 392 g/mol. The first-order chi connectivity index (χ1) is 13.8. The van der Waals surface area contributed by atoms with Crippen LogP contribution in [0.25, 0.3) is 22.4 Å². The summed E-state index contributed by atoms with van der Waals surface area (Å²) in [5, 5.41) is 18.1. The highest BCUT2D eigenvalue weighted by molar-refractivity contribution is 6.13. The van der Waals surface area contributed by atoms with Gasteiger partial charge in [0.1, 0.15) is 11.5 Å². The number of nitro groups is 1. The Bertz CT molecular complexity index is 1270. The number of nitrogens with one attached hydrogen (secondary N) is 1. The summed E-state index contributed by atoms with van der Waals surface area (Å²) in [5.41, 5.74) is 2.48. The van der Waals surface area contributed by atoms with E-state index in [1.165, 1.54) is 18.2 Å². The molecule has 29 heavy (non-hydrogen) atoms. The van der Waals surface area contributed by atoms with Crippen LogP contribution in [0.5, 0.6) is 0 Å². The largest absolute Gasteiger partial charge is 0.466 e. The van der Waals surface area contributed by atoms with Gasteiger partial charge in [0.25, 0.3) is 17.3 Å². The molecule has 0 fully saturated rings. The summed E-state index contributed by atoms with van der Waals surface area (Å²) in [4.78, 5) is 28.0. The topological polar surface area (TPSA) is 124 Å². The third kappa shape index (κ3) is 3.33. The van der Waals surface area contributed by atoms with Crippen LogP contribution < -0.4 is 5.32 Å². The van der Waals surface area contributed by atoms with Crippen molar-refractivity contribution in [3.8, 4) is 11.3 Å². The van der Waals surface area contributed by atoms with E-state index < -0.39 is 10.8 Å². The molecule has 0 bridgehead atoms. The van der Waals surface area contributed by atoms with E-state index in [9.17, 15) is 14.9 Å². The SMILES string of the molecule is Cc1cc(-c2cc(C(=O)Nc3cccc([N+](=O)[O-])c3)c3c(C)noc3n2)c(C)o1.